The van der Waals surface area contributed by atoms with E-state index in [1.54, 1.807) is 11.3 Å². The fourth-order valence-electron chi connectivity index (χ4n) is 2.40. The minimum atomic E-state index is 0.0827. The molecule has 2 aromatic heterocycles. The van der Waals surface area contributed by atoms with Gasteiger partial charge < -0.3 is 14.1 Å². The van der Waals surface area contributed by atoms with Gasteiger partial charge in [0.05, 0.1) is 29.7 Å². The largest absolute Gasteiger partial charge is 0.440 e. The van der Waals surface area contributed by atoms with Crippen LogP contribution < -0.4 is 0 Å². The van der Waals surface area contributed by atoms with Crippen LogP contribution in [0.25, 0.3) is 10.8 Å². The number of carbonyl (C=O) groups excluding carboxylic acids is 1. The van der Waals surface area contributed by atoms with Gasteiger partial charge in [0.2, 0.25) is 11.8 Å². The highest BCUT2D eigenvalue weighted by molar-refractivity contribution is 7.13. The standard InChI is InChI=1S/C15H18N2O3S/c1-10-9-17(5-6-19-10)14(18)8-12-11(2)20-15(16-12)13-4-3-7-21-13/h3-4,7,10H,5-6,8-9H2,1-2H3. The molecule has 3 heterocycles. The Kier molecular flexibility index (Phi) is 4.07. The molecular formula is C15H18N2O3S. The first-order chi connectivity index (χ1) is 10.1. The first-order valence-corrected chi connectivity index (χ1v) is 7.91. The maximum absolute atomic E-state index is 12.4. The van der Waals surface area contributed by atoms with E-state index in [4.69, 9.17) is 9.15 Å². The summed E-state index contributed by atoms with van der Waals surface area (Å²) in [5, 5.41) is 1.98. The summed E-state index contributed by atoms with van der Waals surface area (Å²) < 4.78 is 11.1. The van der Waals surface area contributed by atoms with Gasteiger partial charge in [0.25, 0.3) is 0 Å². The zero-order valence-corrected chi connectivity index (χ0v) is 13.0. The van der Waals surface area contributed by atoms with E-state index in [-0.39, 0.29) is 18.4 Å². The summed E-state index contributed by atoms with van der Waals surface area (Å²) in [4.78, 5) is 19.6. The normalized spacial score (nSPS) is 19.0. The van der Waals surface area contributed by atoms with Crippen molar-refractivity contribution in [3.8, 4) is 10.8 Å². The van der Waals surface area contributed by atoms with Gasteiger partial charge in [-0.1, -0.05) is 6.07 Å². The second-order valence-electron chi connectivity index (χ2n) is 5.20. The average molecular weight is 306 g/mol. The number of morpholine rings is 1. The van der Waals surface area contributed by atoms with E-state index in [0.717, 1.165) is 10.6 Å². The molecule has 1 aliphatic rings. The number of rotatable bonds is 3. The molecule has 0 N–H and O–H groups in total. The summed E-state index contributed by atoms with van der Waals surface area (Å²) >= 11 is 1.58. The van der Waals surface area contributed by atoms with Crippen molar-refractivity contribution in [2.24, 2.45) is 0 Å². The Hall–Kier alpha value is -1.66. The maximum atomic E-state index is 12.4. The molecule has 0 radical (unpaired) electrons. The predicted molar refractivity (Wildman–Crippen MR) is 80.3 cm³/mol. The van der Waals surface area contributed by atoms with Crippen molar-refractivity contribution in [3.63, 3.8) is 0 Å². The highest BCUT2D eigenvalue weighted by atomic mass is 32.1. The first-order valence-electron chi connectivity index (χ1n) is 7.03. The van der Waals surface area contributed by atoms with Gasteiger partial charge in [-0.2, -0.15) is 0 Å². The molecule has 0 saturated carbocycles. The molecule has 0 spiro atoms. The Morgan fingerprint density at radius 3 is 3.14 bits per heavy atom. The molecule has 1 amide bonds. The average Bonchev–Trinajstić information content (AvgIpc) is 3.09. The molecule has 1 fully saturated rings. The van der Waals surface area contributed by atoms with E-state index >= 15 is 0 Å². The second-order valence-corrected chi connectivity index (χ2v) is 6.14. The molecule has 1 atom stereocenters. The monoisotopic (exact) mass is 306 g/mol. The number of aromatic nitrogens is 1. The Morgan fingerprint density at radius 2 is 2.43 bits per heavy atom. The van der Waals surface area contributed by atoms with Gasteiger partial charge in [-0.05, 0) is 25.3 Å². The summed E-state index contributed by atoms with van der Waals surface area (Å²) in [6.45, 7) is 5.74. The summed E-state index contributed by atoms with van der Waals surface area (Å²) in [6, 6.07) is 3.92. The number of aryl methyl sites for hydroxylation is 1. The predicted octanol–water partition coefficient (Wildman–Crippen LogP) is 2.50. The van der Waals surface area contributed by atoms with Crippen LogP contribution in [0.2, 0.25) is 0 Å². The summed E-state index contributed by atoms with van der Waals surface area (Å²) in [6.07, 6.45) is 0.385. The zero-order valence-electron chi connectivity index (χ0n) is 12.2. The number of hydrogen-bond donors (Lipinski definition) is 0. The molecule has 3 rings (SSSR count). The van der Waals surface area contributed by atoms with E-state index < -0.39 is 0 Å². The van der Waals surface area contributed by atoms with Crippen molar-refractivity contribution in [3.05, 3.63) is 29.0 Å². The van der Waals surface area contributed by atoms with Crippen molar-refractivity contribution in [1.29, 1.82) is 0 Å². The maximum Gasteiger partial charge on any atom is 0.236 e. The molecule has 5 nitrogen and oxygen atoms in total. The molecule has 0 aromatic carbocycles. The van der Waals surface area contributed by atoms with Crippen molar-refractivity contribution in [1.82, 2.24) is 9.88 Å². The first kappa shape index (κ1) is 14.3. The Labute approximate surface area is 127 Å². The van der Waals surface area contributed by atoms with Crippen molar-refractivity contribution < 1.29 is 13.9 Å². The van der Waals surface area contributed by atoms with Gasteiger partial charge in [0, 0.05) is 13.1 Å². The minimum Gasteiger partial charge on any atom is -0.440 e. The summed E-state index contributed by atoms with van der Waals surface area (Å²) in [5.41, 5.74) is 0.725. The van der Waals surface area contributed by atoms with E-state index in [9.17, 15) is 4.79 Å². The number of nitrogens with zero attached hydrogens (tertiary/aromatic N) is 2. The second kappa shape index (κ2) is 5.99. The Bertz CT molecular complexity index is 621. The van der Waals surface area contributed by atoms with E-state index in [2.05, 4.69) is 4.98 Å². The van der Waals surface area contributed by atoms with E-state index in [1.165, 1.54) is 0 Å². The number of amides is 1. The van der Waals surface area contributed by atoms with E-state index in [0.29, 0.717) is 31.3 Å². The Morgan fingerprint density at radius 1 is 1.57 bits per heavy atom. The van der Waals surface area contributed by atoms with Crippen LogP contribution in [0.15, 0.2) is 21.9 Å². The van der Waals surface area contributed by atoms with Gasteiger partial charge in [-0.25, -0.2) is 4.98 Å². The quantitative estimate of drug-likeness (QED) is 0.874. The molecule has 0 aliphatic carbocycles. The van der Waals surface area contributed by atoms with Gasteiger partial charge in [-0.3, -0.25) is 4.79 Å². The fourth-order valence-corrected chi connectivity index (χ4v) is 3.05. The molecule has 0 bridgehead atoms. The number of thiophene rings is 1. The third kappa shape index (κ3) is 3.16. The van der Waals surface area contributed by atoms with Crippen molar-refractivity contribution in [2.45, 2.75) is 26.4 Å². The zero-order chi connectivity index (χ0) is 14.8. The molecule has 2 aromatic rings. The Balaban J connectivity index is 1.71. The molecular weight excluding hydrogens is 288 g/mol. The fraction of sp³-hybridized carbons (Fsp3) is 0.467. The van der Waals surface area contributed by atoms with Crippen LogP contribution in [-0.2, 0) is 16.0 Å². The number of hydrogen-bond acceptors (Lipinski definition) is 5. The third-order valence-corrected chi connectivity index (χ3v) is 4.39. The lowest BCUT2D eigenvalue weighted by molar-refractivity contribution is -0.137. The van der Waals surface area contributed by atoms with Crippen molar-refractivity contribution in [2.75, 3.05) is 19.7 Å². The molecule has 21 heavy (non-hydrogen) atoms. The summed E-state index contributed by atoms with van der Waals surface area (Å²) in [5.74, 6) is 1.40. The van der Waals surface area contributed by atoms with Crippen LogP contribution in [0.5, 0.6) is 0 Å². The van der Waals surface area contributed by atoms with Gasteiger partial charge >= 0.3 is 0 Å². The lowest BCUT2D eigenvalue weighted by Crippen LogP contribution is -2.45. The minimum absolute atomic E-state index is 0.0827. The molecule has 1 unspecified atom stereocenters. The van der Waals surface area contributed by atoms with Crippen LogP contribution in [-0.4, -0.2) is 41.6 Å². The SMILES string of the molecule is Cc1oc(-c2cccs2)nc1CC(=O)N1CCOC(C)C1. The molecule has 6 heteroatoms. The lowest BCUT2D eigenvalue weighted by atomic mass is 10.2. The highest BCUT2D eigenvalue weighted by Gasteiger charge is 2.23. The van der Waals surface area contributed by atoms with Crippen LogP contribution >= 0.6 is 11.3 Å². The number of oxazole rings is 1. The molecule has 1 saturated heterocycles. The highest BCUT2D eigenvalue weighted by Crippen LogP contribution is 2.26. The van der Waals surface area contributed by atoms with Gasteiger partial charge in [-0.15, -0.1) is 11.3 Å². The van der Waals surface area contributed by atoms with Crippen molar-refractivity contribution >= 4 is 17.2 Å². The third-order valence-electron chi connectivity index (χ3n) is 3.54. The van der Waals surface area contributed by atoms with E-state index in [1.807, 2.05) is 36.3 Å². The smallest absolute Gasteiger partial charge is 0.236 e. The van der Waals surface area contributed by atoms with Crippen LogP contribution in [0, 0.1) is 6.92 Å². The van der Waals surface area contributed by atoms with Crippen LogP contribution in [0.1, 0.15) is 18.4 Å². The number of carbonyl (C=O) groups is 1. The van der Waals surface area contributed by atoms with Crippen LogP contribution in [0.4, 0.5) is 0 Å². The molecule has 112 valence electrons. The lowest BCUT2D eigenvalue weighted by Gasteiger charge is -2.31. The van der Waals surface area contributed by atoms with Gasteiger partial charge in [0.15, 0.2) is 0 Å². The number of ether oxygens (including phenoxy) is 1. The molecule has 1 aliphatic heterocycles. The topological polar surface area (TPSA) is 55.6 Å². The summed E-state index contributed by atoms with van der Waals surface area (Å²) in [7, 11) is 0. The van der Waals surface area contributed by atoms with Crippen LogP contribution in [0.3, 0.4) is 0 Å². The van der Waals surface area contributed by atoms with Gasteiger partial charge in [0.1, 0.15) is 5.76 Å².